The average Bonchev–Trinajstić information content (AvgIpc) is 2.59. The van der Waals surface area contributed by atoms with Gasteiger partial charge in [0.2, 0.25) is 0 Å². The molecule has 0 aliphatic carbocycles. The van der Waals surface area contributed by atoms with Crippen LogP contribution in [0.15, 0.2) is 24.3 Å². The number of benzene rings is 1. The number of hydrogen-bond donors (Lipinski definition) is 2. The van der Waals surface area contributed by atoms with Gasteiger partial charge >= 0.3 is 6.03 Å². The van der Waals surface area contributed by atoms with Crippen molar-refractivity contribution in [2.75, 3.05) is 46.0 Å². The SMILES string of the molecule is O=C(NCCCN1CCOCC1)N[C@@H]1COc2ccccc2C1. The molecule has 1 saturated heterocycles. The Balaban J connectivity index is 1.32. The molecule has 1 aromatic carbocycles. The molecule has 6 nitrogen and oxygen atoms in total. The van der Waals surface area contributed by atoms with E-state index in [9.17, 15) is 4.79 Å². The van der Waals surface area contributed by atoms with Gasteiger partial charge < -0.3 is 20.1 Å². The number of fused-ring (bicyclic) bond motifs is 1. The molecule has 1 fully saturated rings. The zero-order valence-electron chi connectivity index (χ0n) is 13.4. The van der Waals surface area contributed by atoms with Gasteiger partial charge in [-0.2, -0.15) is 0 Å². The second-order valence-corrected chi connectivity index (χ2v) is 6.03. The largest absolute Gasteiger partial charge is 0.491 e. The summed E-state index contributed by atoms with van der Waals surface area (Å²) in [5, 5.41) is 5.92. The van der Waals surface area contributed by atoms with Gasteiger partial charge in [-0.15, -0.1) is 0 Å². The van der Waals surface area contributed by atoms with Crippen molar-refractivity contribution in [3.8, 4) is 5.75 Å². The minimum absolute atomic E-state index is 0.0316. The van der Waals surface area contributed by atoms with Crippen molar-refractivity contribution in [3.63, 3.8) is 0 Å². The van der Waals surface area contributed by atoms with Gasteiger partial charge in [-0.3, -0.25) is 4.90 Å². The molecule has 2 N–H and O–H groups in total. The van der Waals surface area contributed by atoms with Crippen LogP contribution in [0.1, 0.15) is 12.0 Å². The molecule has 1 atom stereocenters. The Kier molecular flexibility index (Phi) is 5.71. The highest BCUT2D eigenvalue weighted by atomic mass is 16.5. The minimum atomic E-state index is -0.111. The maximum atomic E-state index is 12.0. The number of carbonyl (C=O) groups excluding carboxylic acids is 1. The van der Waals surface area contributed by atoms with Crippen LogP contribution in [0.5, 0.6) is 5.75 Å². The fourth-order valence-corrected chi connectivity index (χ4v) is 2.99. The molecule has 2 heterocycles. The molecule has 6 heteroatoms. The highest BCUT2D eigenvalue weighted by Crippen LogP contribution is 2.23. The van der Waals surface area contributed by atoms with E-state index in [4.69, 9.17) is 9.47 Å². The van der Waals surface area contributed by atoms with Gasteiger partial charge in [0.1, 0.15) is 12.4 Å². The van der Waals surface area contributed by atoms with Crippen LogP contribution < -0.4 is 15.4 Å². The van der Waals surface area contributed by atoms with Crippen LogP contribution in [0.4, 0.5) is 4.79 Å². The van der Waals surface area contributed by atoms with Crippen molar-refractivity contribution in [2.24, 2.45) is 0 Å². The summed E-state index contributed by atoms with van der Waals surface area (Å²) >= 11 is 0. The van der Waals surface area contributed by atoms with Gasteiger partial charge in [-0.25, -0.2) is 4.79 Å². The zero-order chi connectivity index (χ0) is 15.9. The lowest BCUT2D eigenvalue weighted by molar-refractivity contribution is 0.0375. The maximum Gasteiger partial charge on any atom is 0.315 e. The topological polar surface area (TPSA) is 62.8 Å². The Bertz CT molecular complexity index is 518. The fraction of sp³-hybridized carbons (Fsp3) is 0.588. The lowest BCUT2D eigenvalue weighted by Crippen LogP contribution is -2.47. The van der Waals surface area contributed by atoms with Crippen LogP contribution >= 0.6 is 0 Å². The summed E-state index contributed by atoms with van der Waals surface area (Å²) in [5.41, 5.74) is 1.15. The van der Waals surface area contributed by atoms with E-state index < -0.39 is 0 Å². The average molecular weight is 319 g/mol. The standard InChI is InChI=1S/C17H25N3O3/c21-17(18-6-3-7-20-8-10-22-11-9-20)19-15-12-14-4-1-2-5-16(14)23-13-15/h1-2,4-5,15H,3,6-13H2,(H2,18,19,21)/t15-/m0/s1. The number of hydrogen-bond acceptors (Lipinski definition) is 4. The van der Waals surface area contributed by atoms with Crippen LogP contribution in [-0.4, -0.2) is 63.0 Å². The van der Waals surface area contributed by atoms with Gasteiger partial charge in [0.15, 0.2) is 0 Å². The van der Waals surface area contributed by atoms with Crippen LogP contribution in [0, 0.1) is 0 Å². The van der Waals surface area contributed by atoms with Gasteiger partial charge in [-0.05, 0) is 31.0 Å². The second kappa shape index (κ2) is 8.17. The molecule has 0 aromatic heterocycles. The Morgan fingerprint density at radius 3 is 2.96 bits per heavy atom. The van der Waals surface area contributed by atoms with Crippen molar-refractivity contribution in [1.29, 1.82) is 0 Å². The van der Waals surface area contributed by atoms with Gasteiger partial charge in [0.05, 0.1) is 19.3 Å². The van der Waals surface area contributed by atoms with Gasteiger partial charge in [-0.1, -0.05) is 18.2 Å². The molecule has 0 radical (unpaired) electrons. The molecule has 0 unspecified atom stereocenters. The predicted octanol–water partition coefficient (Wildman–Crippen LogP) is 1.01. The Morgan fingerprint density at radius 1 is 1.26 bits per heavy atom. The number of amides is 2. The van der Waals surface area contributed by atoms with Crippen molar-refractivity contribution in [1.82, 2.24) is 15.5 Å². The first-order chi connectivity index (χ1) is 11.3. The number of morpholine rings is 1. The van der Waals surface area contributed by atoms with E-state index in [-0.39, 0.29) is 12.1 Å². The molecule has 2 aliphatic rings. The first-order valence-corrected chi connectivity index (χ1v) is 8.36. The van der Waals surface area contributed by atoms with E-state index in [1.807, 2.05) is 24.3 Å². The summed E-state index contributed by atoms with van der Waals surface area (Å²) in [7, 11) is 0. The number of nitrogens with one attached hydrogen (secondary N) is 2. The first kappa shape index (κ1) is 16.1. The van der Waals surface area contributed by atoms with E-state index in [0.717, 1.165) is 57.0 Å². The molecule has 3 rings (SSSR count). The predicted molar refractivity (Wildman–Crippen MR) is 87.8 cm³/mol. The van der Waals surface area contributed by atoms with Crippen LogP contribution in [0.25, 0.3) is 0 Å². The first-order valence-electron chi connectivity index (χ1n) is 8.36. The van der Waals surface area contributed by atoms with Crippen molar-refractivity contribution in [2.45, 2.75) is 18.9 Å². The molecule has 0 saturated carbocycles. The molecular formula is C17H25N3O3. The summed E-state index contributed by atoms with van der Waals surface area (Å²) < 4.78 is 11.0. The number of urea groups is 1. The minimum Gasteiger partial charge on any atom is -0.491 e. The monoisotopic (exact) mass is 319 g/mol. The summed E-state index contributed by atoms with van der Waals surface area (Å²) in [6.45, 7) is 5.83. The summed E-state index contributed by atoms with van der Waals surface area (Å²) in [5.74, 6) is 0.927. The lowest BCUT2D eigenvalue weighted by Gasteiger charge is -2.27. The molecule has 0 spiro atoms. The molecule has 2 aliphatic heterocycles. The lowest BCUT2D eigenvalue weighted by atomic mass is 10.0. The van der Waals surface area contributed by atoms with E-state index in [1.165, 1.54) is 0 Å². The second-order valence-electron chi connectivity index (χ2n) is 6.03. The number of para-hydroxylation sites is 1. The maximum absolute atomic E-state index is 12.0. The van der Waals surface area contributed by atoms with Crippen LogP contribution in [-0.2, 0) is 11.2 Å². The van der Waals surface area contributed by atoms with E-state index in [1.54, 1.807) is 0 Å². The third-order valence-corrected chi connectivity index (χ3v) is 4.25. The molecular weight excluding hydrogens is 294 g/mol. The summed E-state index contributed by atoms with van der Waals surface area (Å²) in [4.78, 5) is 14.3. The Hall–Kier alpha value is -1.79. The quantitative estimate of drug-likeness (QED) is 0.795. The highest BCUT2D eigenvalue weighted by molar-refractivity contribution is 5.74. The summed E-state index contributed by atoms with van der Waals surface area (Å²) in [6, 6.07) is 7.90. The number of carbonyl (C=O) groups is 1. The number of ether oxygens (including phenoxy) is 2. The fourth-order valence-electron chi connectivity index (χ4n) is 2.99. The van der Waals surface area contributed by atoms with Gasteiger partial charge in [0, 0.05) is 19.6 Å². The van der Waals surface area contributed by atoms with Gasteiger partial charge in [0.25, 0.3) is 0 Å². The Morgan fingerprint density at radius 2 is 2.09 bits per heavy atom. The third kappa shape index (κ3) is 4.84. The van der Waals surface area contributed by atoms with Crippen molar-refractivity contribution < 1.29 is 14.3 Å². The van der Waals surface area contributed by atoms with Crippen molar-refractivity contribution in [3.05, 3.63) is 29.8 Å². The van der Waals surface area contributed by atoms with E-state index in [0.29, 0.717) is 13.2 Å². The van der Waals surface area contributed by atoms with E-state index in [2.05, 4.69) is 15.5 Å². The Labute approximate surface area is 137 Å². The van der Waals surface area contributed by atoms with Crippen LogP contribution in [0.3, 0.4) is 0 Å². The smallest absolute Gasteiger partial charge is 0.315 e. The number of nitrogens with zero attached hydrogens (tertiary/aromatic N) is 1. The number of rotatable bonds is 5. The third-order valence-electron chi connectivity index (χ3n) is 4.25. The normalized spacial score (nSPS) is 21.1. The summed E-state index contributed by atoms with van der Waals surface area (Å²) in [6.07, 6.45) is 1.77. The molecule has 126 valence electrons. The zero-order valence-corrected chi connectivity index (χ0v) is 13.4. The highest BCUT2D eigenvalue weighted by Gasteiger charge is 2.20. The molecule has 23 heavy (non-hydrogen) atoms. The van der Waals surface area contributed by atoms with Crippen LogP contribution in [0.2, 0.25) is 0 Å². The molecule has 2 amide bonds. The molecule has 0 bridgehead atoms. The van der Waals surface area contributed by atoms with Crippen molar-refractivity contribution >= 4 is 6.03 Å². The molecule has 1 aromatic rings. The van der Waals surface area contributed by atoms with E-state index >= 15 is 0 Å².